The first-order valence-corrected chi connectivity index (χ1v) is 12.8. The average molecular weight is 524 g/mol. The Kier molecular flexibility index (Phi) is 6.83. The minimum absolute atomic E-state index is 0.0106. The summed E-state index contributed by atoms with van der Waals surface area (Å²) in [5.41, 5.74) is 2.75. The number of hydrogen-bond donors (Lipinski definition) is 3. The highest BCUT2D eigenvalue weighted by Gasteiger charge is 2.30. The van der Waals surface area contributed by atoms with Crippen molar-refractivity contribution in [2.24, 2.45) is 5.92 Å². The summed E-state index contributed by atoms with van der Waals surface area (Å²) in [5.74, 6) is 1.43. The molecule has 0 saturated heterocycles. The summed E-state index contributed by atoms with van der Waals surface area (Å²) in [5, 5.41) is 15.1. The maximum atomic E-state index is 12.6. The molecule has 0 fully saturated rings. The summed E-state index contributed by atoms with van der Waals surface area (Å²) in [4.78, 5) is 36.9. The summed E-state index contributed by atoms with van der Waals surface area (Å²) in [6.45, 7) is 2.14. The van der Waals surface area contributed by atoms with E-state index in [0.717, 1.165) is 39.6 Å². The molecule has 2 unspecified atom stereocenters. The zero-order valence-electron chi connectivity index (χ0n) is 21.1. The Morgan fingerprint density at radius 1 is 1.30 bits per heavy atom. The Morgan fingerprint density at radius 2 is 2.14 bits per heavy atom. The van der Waals surface area contributed by atoms with Crippen molar-refractivity contribution < 1.29 is 19.1 Å². The summed E-state index contributed by atoms with van der Waals surface area (Å²) in [6.07, 6.45) is 4.76. The normalized spacial score (nSPS) is 15.7. The van der Waals surface area contributed by atoms with Crippen LogP contribution in [0.25, 0.3) is 21.1 Å². The van der Waals surface area contributed by atoms with E-state index in [1.807, 2.05) is 19.1 Å². The third-order valence-electron chi connectivity index (χ3n) is 6.48. The fourth-order valence-corrected chi connectivity index (χ4v) is 5.90. The molecule has 3 heterocycles. The van der Waals surface area contributed by atoms with Gasteiger partial charge in [0.15, 0.2) is 0 Å². The molecule has 12 heteroatoms. The topological polar surface area (TPSA) is 134 Å². The molecule has 194 valence electrons. The number of fused-ring (bicyclic) bond motifs is 4. The summed E-state index contributed by atoms with van der Waals surface area (Å²) in [7, 11) is 4.93. The second kappa shape index (κ2) is 10.2. The van der Waals surface area contributed by atoms with Gasteiger partial charge in [-0.1, -0.05) is 0 Å². The van der Waals surface area contributed by atoms with Crippen LogP contribution in [-0.2, 0) is 22.4 Å². The zero-order valence-corrected chi connectivity index (χ0v) is 21.9. The molecule has 4 aromatic rings. The van der Waals surface area contributed by atoms with Gasteiger partial charge in [0.25, 0.3) is 0 Å². The van der Waals surface area contributed by atoms with Crippen LogP contribution in [0.2, 0.25) is 0 Å². The van der Waals surface area contributed by atoms with Crippen LogP contribution in [0.4, 0.5) is 16.3 Å². The zero-order chi connectivity index (χ0) is 26.1. The Balaban J connectivity index is 1.46. The van der Waals surface area contributed by atoms with Crippen molar-refractivity contribution in [2.45, 2.75) is 32.3 Å². The molecular weight excluding hydrogens is 494 g/mol. The second-order valence-corrected chi connectivity index (χ2v) is 10.4. The molecule has 1 aliphatic carbocycles. The van der Waals surface area contributed by atoms with Crippen LogP contribution in [0.15, 0.2) is 24.7 Å². The van der Waals surface area contributed by atoms with Crippen molar-refractivity contribution in [2.75, 3.05) is 33.1 Å². The molecule has 3 aromatic heterocycles. The largest absolute Gasteiger partial charge is 0.487 e. The van der Waals surface area contributed by atoms with E-state index in [9.17, 15) is 9.59 Å². The van der Waals surface area contributed by atoms with Crippen LogP contribution >= 0.6 is 11.3 Å². The number of aromatic amines is 1. The Bertz CT molecular complexity index is 1460. The molecule has 1 aromatic carbocycles. The molecule has 5 rings (SSSR count). The van der Waals surface area contributed by atoms with Crippen LogP contribution in [0.3, 0.4) is 0 Å². The second-order valence-electron chi connectivity index (χ2n) is 9.31. The van der Waals surface area contributed by atoms with E-state index in [1.165, 1.54) is 17.6 Å². The smallest absolute Gasteiger partial charge is 0.406 e. The molecule has 0 aliphatic heterocycles. The molecule has 0 radical (unpaired) electrons. The van der Waals surface area contributed by atoms with Crippen LogP contribution in [-0.4, -0.2) is 70.9 Å². The Hall–Kier alpha value is -3.93. The lowest BCUT2D eigenvalue weighted by atomic mass is 9.87. The van der Waals surface area contributed by atoms with Gasteiger partial charge in [-0.25, -0.2) is 14.8 Å². The van der Waals surface area contributed by atoms with Gasteiger partial charge in [-0.2, -0.15) is 5.10 Å². The van der Waals surface area contributed by atoms with E-state index >= 15 is 0 Å². The number of anilines is 2. The maximum absolute atomic E-state index is 12.6. The van der Waals surface area contributed by atoms with Gasteiger partial charge >= 0.3 is 6.09 Å². The van der Waals surface area contributed by atoms with E-state index in [-0.39, 0.29) is 24.5 Å². The average Bonchev–Trinajstić information content (AvgIpc) is 3.50. The number of amides is 2. The molecule has 0 saturated carbocycles. The molecular formula is C25H29N7O4S. The monoisotopic (exact) mass is 523 g/mol. The third-order valence-corrected chi connectivity index (χ3v) is 7.64. The van der Waals surface area contributed by atoms with Gasteiger partial charge < -0.3 is 25.0 Å². The number of aryl methyl sites for hydroxylation is 1. The molecule has 3 N–H and O–H groups in total. The lowest BCUT2D eigenvalue weighted by Gasteiger charge is -2.24. The van der Waals surface area contributed by atoms with Crippen LogP contribution in [0, 0.1) is 5.92 Å². The molecule has 1 aliphatic rings. The number of methoxy groups -OCH3 is 1. The highest BCUT2D eigenvalue weighted by atomic mass is 32.1. The summed E-state index contributed by atoms with van der Waals surface area (Å²) < 4.78 is 10.8. The number of ether oxygens (including phenoxy) is 2. The number of nitrogens with one attached hydrogen (secondary N) is 3. The fourth-order valence-electron chi connectivity index (χ4n) is 4.63. The Labute approximate surface area is 217 Å². The molecule has 37 heavy (non-hydrogen) atoms. The van der Waals surface area contributed by atoms with E-state index in [0.29, 0.717) is 18.0 Å². The van der Waals surface area contributed by atoms with Crippen LogP contribution in [0.5, 0.6) is 5.75 Å². The fraction of sp³-hybridized carbons (Fsp3) is 0.400. The van der Waals surface area contributed by atoms with Gasteiger partial charge in [-0.15, -0.1) is 11.3 Å². The number of carbonyl (C=O) groups is 2. The minimum atomic E-state index is -0.516. The number of carbonyl (C=O) groups excluding carboxylic acids is 2. The van der Waals surface area contributed by atoms with Crippen molar-refractivity contribution in [1.29, 1.82) is 0 Å². The van der Waals surface area contributed by atoms with Crippen molar-refractivity contribution in [3.8, 4) is 5.75 Å². The van der Waals surface area contributed by atoms with Crippen molar-refractivity contribution >= 4 is 56.0 Å². The van der Waals surface area contributed by atoms with Gasteiger partial charge in [-0.3, -0.25) is 9.89 Å². The number of aromatic nitrogens is 4. The van der Waals surface area contributed by atoms with E-state index in [1.54, 1.807) is 42.9 Å². The number of nitrogens with zero attached hydrogens (tertiary/aromatic N) is 4. The lowest BCUT2D eigenvalue weighted by Crippen LogP contribution is -2.33. The summed E-state index contributed by atoms with van der Waals surface area (Å²) >= 11 is 1.63. The van der Waals surface area contributed by atoms with Gasteiger partial charge in [0.05, 0.1) is 36.4 Å². The molecule has 0 bridgehead atoms. The van der Waals surface area contributed by atoms with Gasteiger partial charge in [0, 0.05) is 36.3 Å². The van der Waals surface area contributed by atoms with Gasteiger partial charge in [0.1, 0.15) is 28.8 Å². The predicted molar refractivity (Wildman–Crippen MR) is 141 cm³/mol. The Morgan fingerprint density at radius 3 is 2.92 bits per heavy atom. The molecule has 11 nitrogen and oxygen atoms in total. The first kappa shape index (κ1) is 24.8. The predicted octanol–water partition coefficient (Wildman–Crippen LogP) is 3.63. The number of rotatable bonds is 7. The van der Waals surface area contributed by atoms with Gasteiger partial charge in [0.2, 0.25) is 5.91 Å². The number of H-pyrrole nitrogens is 1. The van der Waals surface area contributed by atoms with Gasteiger partial charge in [-0.05, 0) is 37.8 Å². The van der Waals surface area contributed by atoms with Crippen molar-refractivity contribution in [3.05, 3.63) is 35.1 Å². The van der Waals surface area contributed by atoms with E-state index in [2.05, 4.69) is 35.5 Å². The quantitative estimate of drug-likeness (QED) is 0.334. The van der Waals surface area contributed by atoms with Crippen LogP contribution < -0.4 is 15.4 Å². The highest BCUT2D eigenvalue weighted by Crippen LogP contribution is 2.42. The SMILES string of the molecule is COC(=O)NCC(C)Oc1cc2[nH]ncc2cc1Nc1ncnc2sc3c(c12)CCC(C(=O)N(C)C)C3. The minimum Gasteiger partial charge on any atom is -0.487 e. The van der Waals surface area contributed by atoms with Crippen molar-refractivity contribution in [3.63, 3.8) is 0 Å². The number of alkyl carbamates (subject to hydrolysis) is 1. The first-order chi connectivity index (χ1) is 17.8. The number of benzene rings is 1. The molecule has 2 atom stereocenters. The van der Waals surface area contributed by atoms with E-state index < -0.39 is 6.09 Å². The lowest BCUT2D eigenvalue weighted by molar-refractivity contribution is -0.133. The number of thiophene rings is 1. The standard InChI is InChI=1S/C25H29N7O4S/c1-13(10-26-25(34)35-4)36-19-9-17-15(11-29-31-17)7-18(19)30-22-21-16-6-5-14(24(33)32(2)3)8-20(16)37-23(21)28-12-27-22/h7,9,11-14H,5-6,8,10H2,1-4H3,(H,26,34)(H,29,31)(H,27,28,30). The first-order valence-electron chi connectivity index (χ1n) is 12.0. The van der Waals surface area contributed by atoms with E-state index in [4.69, 9.17) is 4.74 Å². The molecule has 2 amide bonds. The third kappa shape index (κ3) is 5.01. The summed E-state index contributed by atoms with van der Waals surface area (Å²) in [6, 6.07) is 3.82. The maximum Gasteiger partial charge on any atom is 0.406 e. The molecule has 0 spiro atoms. The highest BCUT2D eigenvalue weighted by molar-refractivity contribution is 7.19. The number of hydrogen-bond acceptors (Lipinski definition) is 9. The van der Waals surface area contributed by atoms with Crippen molar-refractivity contribution in [1.82, 2.24) is 30.4 Å². The van der Waals surface area contributed by atoms with Crippen LogP contribution in [0.1, 0.15) is 23.8 Å².